The summed E-state index contributed by atoms with van der Waals surface area (Å²) < 4.78 is 19.0. The zero-order chi connectivity index (χ0) is 9.97. The summed E-state index contributed by atoms with van der Waals surface area (Å²) in [6.07, 6.45) is 0. The first-order valence-corrected chi connectivity index (χ1v) is 5.33. The van der Waals surface area contributed by atoms with E-state index < -0.39 is 0 Å². The molecule has 1 fully saturated rings. The standard InChI is InChI=1S/C10H11BrFNO/c11-8-2-1-7(5-9(8)12)10-6-14-4-3-13-10/h1-2,5,10,13H,3-4,6H2. The SMILES string of the molecule is Fc1cc(C2COCCN2)ccc1Br. The summed E-state index contributed by atoms with van der Waals surface area (Å²) in [7, 11) is 0. The topological polar surface area (TPSA) is 21.3 Å². The van der Waals surface area contributed by atoms with Crippen LogP contribution in [0, 0.1) is 5.82 Å². The Labute approximate surface area is 90.6 Å². The van der Waals surface area contributed by atoms with Gasteiger partial charge in [-0.3, -0.25) is 0 Å². The molecule has 1 heterocycles. The van der Waals surface area contributed by atoms with Crippen LogP contribution in [0.1, 0.15) is 11.6 Å². The predicted octanol–water partition coefficient (Wildman–Crippen LogP) is 2.25. The molecule has 1 aromatic rings. The lowest BCUT2D eigenvalue weighted by Gasteiger charge is -2.24. The third-order valence-electron chi connectivity index (χ3n) is 2.27. The lowest BCUT2D eigenvalue weighted by atomic mass is 10.1. The minimum atomic E-state index is -0.227. The third-order valence-corrected chi connectivity index (χ3v) is 2.91. The largest absolute Gasteiger partial charge is 0.378 e. The maximum atomic E-state index is 13.2. The van der Waals surface area contributed by atoms with Crippen molar-refractivity contribution in [2.45, 2.75) is 6.04 Å². The molecular weight excluding hydrogens is 249 g/mol. The van der Waals surface area contributed by atoms with E-state index in [0.717, 1.165) is 18.7 Å². The van der Waals surface area contributed by atoms with Crippen LogP contribution in [0.3, 0.4) is 0 Å². The first kappa shape index (κ1) is 10.1. The van der Waals surface area contributed by atoms with Crippen LogP contribution >= 0.6 is 15.9 Å². The zero-order valence-corrected chi connectivity index (χ0v) is 9.18. The maximum Gasteiger partial charge on any atom is 0.137 e. The smallest absolute Gasteiger partial charge is 0.137 e. The van der Waals surface area contributed by atoms with Crippen LogP contribution in [0.2, 0.25) is 0 Å². The van der Waals surface area contributed by atoms with Gasteiger partial charge >= 0.3 is 0 Å². The molecule has 0 amide bonds. The first-order chi connectivity index (χ1) is 6.77. The molecular formula is C10H11BrFNO. The number of rotatable bonds is 1. The fraction of sp³-hybridized carbons (Fsp3) is 0.400. The van der Waals surface area contributed by atoms with Crippen LogP contribution in [0.4, 0.5) is 4.39 Å². The van der Waals surface area contributed by atoms with Gasteiger partial charge in [0.25, 0.3) is 0 Å². The van der Waals surface area contributed by atoms with Gasteiger partial charge in [-0.2, -0.15) is 0 Å². The number of nitrogens with one attached hydrogen (secondary N) is 1. The van der Waals surface area contributed by atoms with Crippen LogP contribution < -0.4 is 5.32 Å². The molecule has 14 heavy (non-hydrogen) atoms. The Balaban J connectivity index is 2.18. The lowest BCUT2D eigenvalue weighted by molar-refractivity contribution is 0.0768. The highest BCUT2D eigenvalue weighted by Gasteiger charge is 2.15. The van der Waals surface area contributed by atoms with E-state index in [1.165, 1.54) is 6.07 Å². The summed E-state index contributed by atoms with van der Waals surface area (Å²) in [5.74, 6) is -0.227. The molecule has 2 rings (SSSR count). The summed E-state index contributed by atoms with van der Waals surface area (Å²) in [6.45, 7) is 2.17. The van der Waals surface area contributed by atoms with Gasteiger partial charge in [-0.15, -0.1) is 0 Å². The molecule has 2 nitrogen and oxygen atoms in total. The number of benzene rings is 1. The molecule has 0 radical (unpaired) electrons. The molecule has 0 aromatic heterocycles. The summed E-state index contributed by atoms with van der Waals surface area (Å²) in [6, 6.07) is 5.28. The van der Waals surface area contributed by atoms with Crippen LogP contribution in [-0.4, -0.2) is 19.8 Å². The molecule has 4 heteroatoms. The van der Waals surface area contributed by atoms with Crippen molar-refractivity contribution in [1.29, 1.82) is 0 Å². The van der Waals surface area contributed by atoms with E-state index in [2.05, 4.69) is 21.2 Å². The lowest BCUT2D eigenvalue weighted by Crippen LogP contribution is -2.34. The molecule has 0 saturated carbocycles. The zero-order valence-electron chi connectivity index (χ0n) is 7.59. The normalized spacial score (nSPS) is 22.3. The van der Waals surface area contributed by atoms with E-state index in [-0.39, 0.29) is 11.9 Å². The third kappa shape index (κ3) is 2.13. The number of morpholine rings is 1. The Morgan fingerprint density at radius 1 is 1.50 bits per heavy atom. The van der Waals surface area contributed by atoms with E-state index in [1.807, 2.05) is 6.07 Å². The Hall–Kier alpha value is -0.450. The second-order valence-electron chi connectivity index (χ2n) is 3.26. The highest BCUT2D eigenvalue weighted by atomic mass is 79.9. The molecule has 1 N–H and O–H groups in total. The summed E-state index contributed by atoms with van der Waals surface area (Å²) in [5.41, 5.74) is 0.936. The quantitative estimate of drug-likeness (QED) is 0.836. The molecule has 1 unspecified atom stereocenters. The van der Waals surface area contributed by atoms with Crippen molar-refractivity contribution in [3.05, 3.63) is 34.1 Å². The summed E-state index contributed by atoms with van der Waals surface area (Å²) in [4.78, 5) is 0. The highest BCUT2D eigenvalue weighted by Crippen LogP contribution is 2.21. The van der Waals surface area contributed by atoms with Gasteiger partial charge in [0.15, 0.2) is 0 Å². The monoisotopic (exact) mass is 259 g/mol. The van der Waals surface area contributed by atoms with Gasteiger partial charge in [0.2, 0.25) is 0 Å². The van der Waals surface area contributed by atoms with Gasteiger partial charge in [-0.1, -0.05) is 6.07 Å². The molecule has 1 atom stereocenters. The van der Waals surface area contributed by atoms with Gasteiger partial charge in [0, 0.05) is 6.54 Å². The molecule has 1 aliphatic heterocycles. The Morgan fingerprint density at radius 2 is 2.36 bits per heavy atom. The molecule has 76 valence electrons. The average Bonchev–Trinajstić information content (AvgIpc) is 2.23. The van der Waals surface area contributed by atoms with Crippen LogP contribution in [-0.2, 0) is 4.74 Å². The maximum absolute atomic E-state index is 13.2. The van der Waals surface area contributed by atoms with Crippen molar-refractivity contribution in [2.24, 2.45) is 0 Å². The molecule has 0 aliphatic carbocycles. The highest BCUT2D eigenvalue weighted by molar-refractivity contribution is 9.10. The van der Waals surface area contributed by atoms with Crippen LogP contribution in [0.25, 0.3) is 0 Å². The first-order valence-electron chi connectivity index (χ1n) is 4.53. The minimum absolute atomic E-state index is 0.117. The molecule has 0 spiro atoms. The molecule has 1 aliphatic rings. The number of hydrogen-bond acceptors (Lipinski definition) is 2. The number of halogens is 2. The van der Waals surface area contributed by atoms with Crippen LogP contribution in [0.5, 0.6) is 0 Å². The fourth-order valence-corrected chi connectivity index (χ4v) is 1.76. The Bertz CT molecular complexity index is 326. The van der Waals surface area contributed by atoms with E-state index in [9.17, 15) is 4.39 Å². The van der Waals surface area contributed by atoms with Crippen LogP contribution in [0.15, 0.2) is 22.7 Å². The number of hydrogen-bond donors (Lipinski definition) is 1. The molecule has 0 bridgehead atoms. The van der Waals surface area contributed by atoms with E-state index >= 15 is 0 Å². The van der Waals surface area contributed by atoms with Gasteiger partial charge in [0.1, 0.15) is 5.82 Å². The van der Waals surface area contributed by atoms with Gasteiger partial charge in [0.05, 0.1) is 23.7 Å². The molecule has 1 aromatic carbocycles. The second-order valence-corrected chi connectivity index (χ2v) is 4.11. The second kappa shape index (κ2) is 4.38. The Kier molecular flexibility index (Phi) is 3.15. The van der Waals surface area contributed by atoms with E-state index in [4.69, 9.17) is 4.74 Å². The van der Waals surface area contributed by atoms with Crippen molar-refractivity contribution in [1.82, 2.24) is 5.32 Å². The van der Waals surface area contributed by atoms with Crippen molar-refractivity contribution in [2.75, 3.05) is 19.8 Å². The van der Waals surface area contributed by atoms with Crippen molar-refractivity contribution in [3.63, 3.8) is 0 Å². The van der Waals surface area contributed by atoms with E-state index in [0.29, 0.717) is 11.1 Å². The molecule has 1 saturated heterocycles. The number of ether oxygens (including phenoxy) is 1. The Morgan fingerprint density at radius 3 is 3.00 bits per heavy atom. The van der Waals surface area contributed by atoms with E-state index in [1.54, 1.807) is 6.07 Å². The minimum Gasteiger partial charge on any atom is -0.378 e. The fourth-order valence-electron chi connectivity index (χ4n) is 1.51. The average molecular weight is 260 g/mol. The summed E-state index contributed by atoms with van der Waals surface area (Å²) >= 11 is 3.13. The predicted molar refractivity (Wildman–Crippen MR) is 55.7 cm³/mol. The van der Waals surface area contributed by atoms with Gasteiger partial charge < -0.3 is 10.1 Å². The van der Waals surface area contributed by atoms with Crippen molar-refractivity contribution >= 4 is 15.9 Å². The van der Waals surface area contributed by atoms with Crippen molar-refractivity contribution < 1.29 is 9.13 Å². The summed E-state index contributed by atoms with van der Waals surface area (Å²) in [5, 5.41) is 3.28. The van der Waals surface area contributed by atoms with Gasteiger partial charge in [-0.25, -0.2) is 4.39 Å². The van der Waals surface area contributed by atoms with Gasteiger partial charge in [-0.05, 0) is 33.6 Å². The van der Waals surface area contributed by atoms with Crippen molar-refractivity contribution in [3.8, 4) is 0 Å².